The average molecular weight is 243 g/mol. The molecule has 0 spiro atoms. The fourth-order valence-electron chi connectivity index (χ4n) is 0.871. The van der Waals surface area contributed by atoms with Crippen molar-refractivity contribution in [3.63, 3.8) is 0 Å². The van der Waals surface area contributed by atoms with Gasteiger partial charge in [-0.05, 0) is 29.8 Å². The van der Waals surface area contributed by atoms with Gasteiger partial charge in [-0.15, -0.1) is 13.2 Å². The molecule has 2 nitrogen and oxygen atoms in total. The molecule has 0 saturated carbocycles. The van der Waals surface area contributed by atoms with Crippen molar-refractivity contribution in [2.24, 2.45) is 0 Å². The van der Waals surface area contributed by atoms with Gasteiger partial charge in [0.05, 0.1) is 15.9 Å². The fourth-order valence-corrected chi connectivity index (χ4v) is 1.12. The van der Waals surface area contributed by atoms with Crippen LogP contribution in [-0.2, 0) is 6.30 Å². The molecule has 0 bridgehead atoms. The Morgan fingerprint density at radius 1 is 1.33 bits per heavy atom. The summed E-state index contributed by atoms with van der Waals surface area (Å²) in [5.41, 5.74) is 0.407. The highest BCUT2D eigenvalue weighted by Gasteiger charge is 2.34. The van der Waals surface area contributed by atoms with Gasteiger partial charge in [0.25, 0.3) is 0 Å². The molecule has 0 amide bonds. The van der Waals surface area contributed by atoms with Gasteiger partial charge in [0.1, 0.15) is 0 Å². The Labute approximate surface area is 75.5 Å². The third-order valence-corrected chi connectivity index (χ3v) is 2.59. The number of halogens is 4. The molecule has 0 N–H and O–H groups in total. The van der Waals surface area contributed by atoms with Crippen LogP contribution in [0.4, 0.5) is 13.2 Å². The van der Waals surface area contributed by atoms with Crippen molar-refractivity contribution in [3.05, 3.63) is 15.9 Å². The van der Waals surface area contributed by atoms with E-state index in [2.05, 4.69) is 21.0 Å². The van der Waals surface area contributed by atoms with Crippen molar-refractivity contribution in [1.82, 2.24) is 9.78 Å². The lowest BCUT2D eigenvalue weighted by Gasteiger charge is -2.07. The molecular formula is C6H6BrF3N2. The first-order valence-corrected chi connectivity index (χ1v) is 3.92. The van der Waals surface area contributed by atoms with E-state index < -0.39 is 6.30 Å². The molecule has 6 heteroatoms. The molecule has 1 aromatic rings. The largest absolute Gasteiger partial charge is 0.504 e. The molecule has 68 valence electrons. The summed E-state index contributed by atoms with van der Waals surface area (Å²) in [6.45, 7) is 2.87. The molecule has 1 aromatic heterocycles. The zero-order chi connectivity index (χ0) is 9.52. The number of aromatic nitrogens is 2. The third-order valence-electron chi connectivity index (χ3n) is 1.44. The summed E-state index contributed by atoms with van der Waals surface area (Å²) in [5.74, 6) is 0. The zero-order valence-corrected chi connectivity index (χ0v) is 7.99. The van der Waals surface area contributed by atoms with E-state index in [1.165, 1.54) is 13.8 Å². The monoisotopic (exact) mass is 242 g/mol. The molecule has 0 aromatic carbocycles. The van der Waals surface area contributed by atoms with Gasteiger partial charge in [0.15, 0.2) is 0 Å². The van der Waals surface area contributed by atoms with Crippen molar-refractivity contribution in [2.45, 2.75) is 20.1 Å². The molecule has 0 unspecified atom stereocenters. The second-order valence-electron chi connectivity index (χ2n) is 2.36. The first kappa shape index (κ1) is 9.57. The lowest BCUT2D eigenvalue weighted by molar-refractivity contribution is -0.213. The summed E-state index contributed by atoms with van der Waals surface area (Å²) < 4.78 is 36.8. The van der Waals surface area contributed by atoms with Crippen LogP contribution in [0.5, 0.6) is 0 Å². The minimum Gasteiger partial charge on any atom is -0.175 e. The van der Waals surface area contributed by atoms with Gasteiger partial charge in [-0.25, -0.2) is 0 Å². The SMILES string of the molecule is Cc1nn(C(F)(F)F)c(C)c1Br. The van der Waals surface area contributed by atoms with Crippen LogP contribution >= 0.6 is 15.9 Å². The van der Waals surface area contributed by atoms with Crippen molar-refractivity contribution in [2.75, 3.05) is 0 Å². The van der Waals surface area contributed by atoms with Gasteiger partial charge in [-0.3, -0.25) is 0 Å². The normalized spacial score (nSPS) is 12.2. The molecule has 0 radical (unpaired) electrons. The summed E-state index contributed by atoms with van der Waals surface area (Å²) in [7, 11) is 0. The van der Waals surface area contributed by atoms with Gasteiger partial charge in [0.2, 0.25) is 0 Å². The van der Waals surface area contributed by atoms with E-state index in [1.54, 1.807) is 0 Å². The van der Waals surface area contributed by atoms with Crippen molar-refractivity contribution < 1.29 is 13.2 Å². The standard InChI is InChI=1S/C6H6BrF3N2/c1-3-5(7)4(2)12(11-3)6(8,9)10/h1-2H3. The van der Waals surface area contributed by atoms with Crippen molar-refractivity contribution in [1.29, 1.82) is 0 Å². The molecule has 0 aliphatic heterocycles. The number of aryl methyl sites for hydroxylation is 1. The highest BCUT2D eigenvalue weighted by molar-refractivity contribution is 9.10. The number of nitrogens with zero attached hydrogens (tertiary/aromatic N) is 2. The second kappa shape index (κ2) is 2.76. The number of alkyl halides is 3. The van der Waals surface area contributed by atoms with Crippen molar-refractivity contribution in [3.8, 4) is 0 Å². The molecule has 0 fully saturated rings. The van der Waals surface area contributed by atoms with E-state index in [0.717, 1.165) is 0 Å². The second-order valence-corrected chi connectivity index (χ2v) is 3.16. The molecule has 1 rings (SSSR count). The third kappa shape index (κ3) is 1.48. The zero-order valence-electron chi connectivity index (χ0n) is 6.41. The van der Waals surface area contributed by atoms with E-state index >= 15 is 0 Å². The predicted molar refractivity (Wildman–Crippen MR) is 40.7 cm³/mol. The smallest absolute Gasteiger partial charge is 0.175 e. The lowest BCUT2D eigenvalue weighted by Crippen LogP contribution is -2.19. The number of rotatable bonds is 0. The van der Waals surface area contributed by atoms with Gasteiger partial charge < -0.3 is 0 Å². The molecule has 12 heavy (non-hydrogen) atoms. The maximum atomic E-state index is 12.1. The lowest BCUT2D eigenvalue weighted by atomic mass is 10.4. The summed E-state index contributed by atoms with van der Waals surface area (Å²) >= 11 is 3.01. The topological polar surface area (TPSA) is 17.8 Å². The van der Waals surface area contributed by atoms with E-state index in [1.807, 2.05) is 0 Å². The first-order valence-electron chi connectivity index (χ1n) is 3.13. The summed E-state index contributed by atoms with van der Waals surface area (Å²) in [6.07, 6.45) is -4.43. The summed E-state index contributed by atoms with van der Waals surface area (Å²) in [5, 5.41) is 3.33. The van der Waals surface area contributed by atoms with E-state index in [0.29, 0.717) is 10.2 Å². The van der Waals surface area contributed by atoms with Gasteiger partial charge in [-0.1, -0.05) is 0 Å². The highest BCUT2D eigenvalue weighted by Crippen LogP contribution is 2.28. The maximum absolute atomic E-state index is 12.1. The Bertz CT molecular complexity index is 302. The fraction of sp³-hybridized carbons (Fsp3) is 0.500. The van der Waals surface area contributed by atoms with Crippen LogP contribution in [0.1, 0.15) is 11.4 Å². The van der Waals surface area contributed by atoms with Crippen LogP contribution in [0.25, 0.3) is 0 Å². The molecule has 1 heterocycles. The minimum absolute atomic E-state index is 0.0480. The molecular weight excluding hydrogens is 237 g/mol. The van der Waals surface area contributed by atoms with Crippen LogP contribution in [0, 0.1) is 13.8 Å². The van der Waals surface area contributed by atoms with E-state index in [-0.39, 0.29) is 10.4 Å². The summed E-state index contributed by atoms with van der Waals surface area (Å²) in [4.78, 5) is 0. The Morgan fingerprint density at radius 2 is 1.83 bits per heavy atom. The maximum Gasteiger partial charge on any atom is 0.504 e. The summed E-state index contributed by atoms with van der Waals surface area (Å²) in [6, 6.07) is 0. The Morgan fingerprint density at radius 3 is 2.00 bits per heavy atom. The van der Waals surface area contributed by atoms with Crippen LogP contribution in [0.2, 0.25) is 0 Å². The van der Waals surface area contributed by atoms with Gasteiger partial charge in [-0.2, -0.15) is 9.78 Å². The van der Waals surface area contributed by atoms with Crippen LogP contribution in [0.3, 0.4) is 0 Å². The van der Waals surface area contributed by atoms with Gasteiger partial charge in [0, 0.05) is 0 Å². The van der Waals surface area contributed by atoms with Crippen LogP contribution in [-0.4, -0.2) is 9.78 Å². The molecule has 0 aliphatic rings. The Balaban J connectivity index is 3.28. The Hall–Kier alpha value is -0.520. The molecule has 0 atom stereocenters. The molecule has 0 aliphatic carbocycles. The predicted octanol–water partition coefficient (Wildman–Crippen LogP) is 2.74. The van der Waals surface area contributed by atoms with Crippen molar-refractivity contribution >= 4 is 15.9 Å². The average Bonchev–Trinajstić information content (AvgIpc) is 2.15. The van der Waals surface area contributed by atoms with E-state index in [9.17, 15) is 13.2 Å². The van der Waals surface area contributed by atoms with Crippen LogP contribution < -0.4 is 0 Å². The number of hydrogen-bond acceptors (Lipinski definition) is 1. The first-order chi connectivity index (χ1) is 5.34. The highest BCUT2D eigenvalue weighted by atomic mass is 79.9. The quantitative estimate of drug-likeness (QED) is 0.684. The van der Waals surface area contributed by atoms with Crippen LogP contribution in [0.15, 0.2) is 4.47 Å². The van der Waals surface area contributed by atoms with E-state index in [4.69, 9.17) is 0 Å². The number of hydrogen-bond donors (Lipinski definition) is 0. The minimum atomic E-state index is -4.43. The van der Waals surface area contributed by atoms with Gasteiger partial charge >= 0.3 is 6.30 Å². The molecule has 0 saturated heterocycles. The Kier molecular flexibility index (Phi) is 2.20.